The molecule has 2 aromatic rings. The molecule has 2 rings (SSSR count). The zero-order valence-electron chi connectivity index (χ0n) is 23.0. The molecular formula is C29H39N3O6. The smallest absolute Gasteiger partial charge is 0.408 e. The van der Waals surface area contributed by atoms with Crippen molar-refractivity contribution < 1.29 is 28.7 Å². The molecule has 0 saturated carbocycles. The van der Waals surface area contributed by atoms with E-state index >= 15 is 0 Å². The number of hydrogen-bond donors (Lipinski definition) is 2. The molecule has 0 fully saturated rings. The molecular weight excluding hydrogens is 486 g/mol. The molecule has 0 aliphatic carbocycles. The number of amides is 3. The molecule has 9 nitrogen and oxygen atoms in total. The van der Waals surface area contributed by atoms with Gasteiger partial charge in [0.05, 0.1) is 7.11 Å². The highest BCUT2D eigenvalue weighted by Gasteiger charge is 2.38. The van der Waals surface area contributed by atoms with Crippen LogP contribution in [0.1, 0.15) is 58.2 Å². The van der Waals surface area contributed by atoms with E-state index in [1.165, 1.54) is 12.0 Å². The molecule has 2 N–H and O–H groups in total. The van der Waals surface area contributed by atoms with Crippen LogP contribution in [-0.4, -0.2) is 60.1 Å². The van der Waals surface area contributed by atoms with Crippen LogP contribution >= 0.6 is 0 Å². The van der Waals surface area contributed by atoms with Crippen LogP contribution in [0.15, 0.2) is 60.7 Å². The number of methoxy groups -OCH3 is 1. The molecule has 206 valence electrons. The average molecular weight is 526 g/mol. The number of esters is 1. The second-order valence-electron chi connectivity index (χ2n) is 10.00. The van der Waals surface area contributed by atoms with E-state index in [-0.39, 0.29) is 19.0 Å². The zero-order chi connectivity index (χ0) is 28.3. The number of carbonyl (C=O) groups excluding carboxylic acids is 4. The first-order valence-electron chi connectivity index (χ1n) is 12.7. The Kier molecular flexibility index (Phi) is 11.3. The molecule has 0 radical (unpaired) electrons. The lowest BCUT2D eigenvalue weighted by atomic mass is 9.98. The van der Waals surface area contributed by atoms with Gasteiger partial charge in [-0.25, -0.2) is 4.79 Å². The summed E-state index contributed by atoms with van der Waals surface area (Å²) in [5, 5.41) is 5.32. The van der Waals surface area contributed by atoms with Gasteiger partial charge in [-0.3, -0.25) is 14.4 Å². The predicted octanol–water partition coefficient (Wildman–Crippen LogP) is 3.78. The van der Waals surface area contributed by atoms with Gasteiger partial charge in [0.2, 0.25) is 11.8 Å². The topological polar surface area (TPSA) is 114 Å². The molecule has 3 unspecified atom stereocenters. The van der Waals surface area contributed by atoms with E-state index in [4.69, 9.17) is 4.74 Å². The minimum Gasteiger partial charge on any atom is -0.468 e. The summed E-state index contributed by atoms with van der Waals surface area (Å²) in [5.41, 5.74) is 0.637. The number of ether oxygens (including phenoxy) is 2. The van der Waals surface area contributed by atoms with Crippen LogP contribution in [0.3, 0.4) is 0 Å². The summed E-state index contributed by atoms with van der Waals surface area (Å²) in [7, 11) is 1.23. The Hall–Kier alpha value is -3.88. The van der Waals surface area contributed by atoms with Gasteiger partial charge in [-0.05, 0) is 45.2 Å². The lowest BCUT2D eigenvalue weighted by molar-refractivity contribution is -0.146. The van der Waals surface area contributed by atoms with Gasteiger partial charge < -0.3 is 25.0 Å². The van der Waals surface area contributed by atoms with E-state index in [1.54, 1.807) is 45.0 Å². The minimum atomic E-state index is -1.05. The summed E-state index contributed by atoms with van der Waals surface area (Å²) >= 11 is 0. The monoisotopic (exact) mass is 525 g/mol. The number of carbonyl (C=O) groups is 4. The van der Waals surface area contributed by atoms with E-state index in [1.807, 2.05) is 50.2 Å². The average Bonchev–Trinajstić information content (AvgIpc) is 2.88. The van der Waals surface area contributed by atoms with Gasteiger partial charge >= 0.3 is 12.1 Å². The fraction of sp³-hybridized carbons (Fsp3) is 0.448. The number of benzene rings is 2. The highest BCUT2D eigenvalue weighted by Crippen LogP contribution is 2.26. The van der Waals surface area contributed by atoms with E-state index < -0.39 is 41.6 Å². The molecule has 9 heteroatoms. The van der Waals surface area contributed by atoms with Crippen LogP contribution in [0.25, 0.3) is 0 Å². The first kappa shape index (κ1) is 30.3. The molecule has 3 amide bonds. The van der Waals surface area contributed by atoms with Gasteiger partial charge in [0.25, 0.3) is 0 Å². The third kappa shape index (κ3) is 9.21. The fourth-order valence-electron chi connectivity index (χ4n) is 3.88. The van der Waals surface area contributed by atoms with Crippen molar-refractivity contribution in [3.8, 4) is 0 Å². The fourth-order valence-corrected chi connectivity index (χ4v) is 3.88. The highest BCUT2D eigenvalue weighted by molar-refractivity contribution is 5.93. The Morgan fingerprint density at radius 3 is 2.05 bits per heavy atom. The lowest BCUT2D eigenvalue weighted by Gasteiger charge is -2.38. The van der Waals surface area contributed by atoms with Gasteiger partial charge in [-0.2, -0.15) is 0 Å². The van der Waals surface area contributed by atoms with Gasteiger partial charge in [-0.1, -0.05) is 67.6 Å². The third-order valence-electron chi connectivity index (χ3n) is 5.87. The largest absolute Gasteiger partial charge is 0.468 e. The molecule has 2 aromatic carbocycles. The summed E-state index contributed by atoms with van der Waals surface area (Å²) in [5.74, 6) is -1.60. The quantitative estimate of drug-likeness (QED) is 0.432. The SMILES string of the molecule is CCC(C)N(C(=O)C(Cc1ccccc1)NC(=O)OC(C)(C)C)C(C(=O)NCC(=O)OC)c1ccccc1. The molecule has 38 heavy (non-hydrogen) atoms. The molecule has 0 spiro atoms. The Morgan fingerprint density at radius 1 is 0.947 bits per heavy atom. The van der Waals surface area contributed by atoms with Crippen LogP contribution in [0.4, 0.5) is 4.79 Å². The highest BCUT2D eigenvalue weighted by atomic mass is 16.6. The van der Waals surface area contributed by atoms with Crippen molar-refractivity contribution in [1.82, 2.24) is 15.5 Å². The first-order valence-corrected chi connectivity index (χ1v) is 12.7. The van der Waals surface area contributed by atoms with Crippen LogP contribution in [0.5, 0.6) is 0 Å². The molecule has 3 atom stereocenters. The second-order valence-corrected chi connectivity index (χ2v) is 10.00. The Morgan fingerprint density at radius 2 is 1.53 bits per heavy atom. The van der Waals surface area contributed by atoms with Gasteiger partial charge in [-0.15, -0.1) is 0 Å². The van der Waals surface area contributed by atoms with Gasteiger partial charge in [0.15, 0.2) is 0 Å². The maximum atomic E-state index is 14.2. The van der Waals surface area contributed by atoms with Crippen LogP contribution < -0.4 is 10.6 Å². The van der Waals surface area contributed by atoms with E-state index in [0.717, 1.165) is 5.56 Å². The van der Waals surface area contributed by atoms with Crippen molar-refractivity contribution in [3.05, 3.63) is 71.8 Å². The number of alkyl carbamates (subject to hydrolysis) is 1. The molecule has 0 saturated heterocycles. The van der Waals surface area contributed by atoms with Crippen LogP contribution in [0, 0.1) is 0 Å². The molecule has 0 aliphatic rings. The summed E-state index contributed by atoms with van der Waals surface area (Å²) in [6, 6.07) is 15.7. The number of nitrogens with one attached hydrogen (secondary N) is 2. The zero-order valence-corrected chi connectivity index (χ0v) is 23.0. The number of rotatable bonds is 11. The predicted molar refractivity (Wildman–Crippen MR) is 144 cm³/mol. The molecule has 0 aliphatic heterocycles. The maximum Gasteiger partial charge on any atom is 0.408 e. The Labute approximate surface area is 224 Å². The molecule has 0 aromatic heterocycles. The number of hydrogen-bond acceptors (Lipinski definition) is 6. The van der Waals surface area contributed by atoms with Crippen molar-refractivity contribution in [1.29, 1.82) is 0 Å². The first-order chi connectivity index (χ1) is 18.0. The van der Waals surface area contributed by atoms with E-state index in [9.17, 15) is 19.2 Å². The van der Waals surface area contributed by atoms with Crippen LogP contribution in [0.2, 0.25) is 0 Å². The van der Waals surface area contributed by atoms with Crippen molar-refractivity contribution in [3.63, 3.8) is 0 Å². The second kappa shape index (κ2) is 14.2. The minimum absolute atomic E-state index is 0.192. The summed E-state index contributed by atoms with van der Waals surface area (Å²) in [6.07, 6.45) is 0.00310. The van der Waals surface area contributed by atoms with E-state index in [2.05, 4.69) is 15.4 Å². The van der Waals surface area contributed by atoms with E-state index in [0.29, 0.717) is 12.0 Å². The summed E-state index contributed by atoms with van der Waals surface area (Å²) in [6.45, 7) is 8.63. The van der Waals surface area contributed by atoms with Crippen molar-refractivity contribution in [2.45, 2.75) is 71.2 Å². The van der Waals surface area contributed by atoms with Crippen molar-refractivity contribution in [2.75, 3.05) is 13.7 Å². The number of nitrogens with zero attached hydrogens (tertiary/aromatic N) is 1. The molecule has 0 heterocycles. The maximum absolute atomic E-state index is 14.2. The lowest BCUT2D eigenvalue weighted by Crippen LogP contribution is -2.56. The Balaban J connectivity index is 2.52. The third-order valence-corrected chi connectivity index (χ3v) is 5.87. The normalized spacial score (nSPS) is 13.4. The van der Waals surface area contributed by atoms with Crippen LogP contribution in [-0.2, 0) is 30.3 Å². The Bertz CT molecular complexity index is 1070. The van der Waals surface area contributed by atoms with Crippen molar-refractivity contribution >= 4 is 23.9 Å². The van der Waals surface area contributed by atoms with Gasteiger partial charge in [0.1, 0.15) is 24.2 Å². The van der Waals surface area contributed by atoms with Gasteiger partial charge in [0, 0.05) is 12.5 Å². The summed E-state index contributed by atoms with van der Waals surface area (Å²) in [4.78, 5) is 53.7. The standard InChI is InChI=1S/C29H39N3O6/c1-7-20(2)32(25(22-16-12-9-13-17-22)26(34)30-19-24(33)37-6)27(35)23(18-21-14-10-8-11-15-21)31-28(36)38-29(3,4)5/h8-17,20,23,25H,7,18-19H2,1-6H3,(H,30,34)(H,31,36). The summed E-state index contributed by atoms with van der Waals surface area (Å²) < 4.78 is 10.1. The molecule has 0 bridgehead atoms. The van der Waals surface area contributed by atoms with Crippen molar-refractivity contribution in [2.24, 2.45) is 0 Å².